The predicted octanol–water partition coefficient (Wildman–Crippen LogP) is 2.73. The topological polar surface area (TPSA) is 48.0 Å². The number of carbonyl (C=O) groups excluding carboxylic acids is 1. The van der Waals surface area contributed by atoms with E-state index in [4.69, 9.17) is 14.2 Å². The van der Waals surface area contributed by atoms with E-state index < -0.39 is 0 Å². The van der Waals surface area contributed by atoms with Crippen molar-refractivity contribution in [2.75, 3.05) is 20.8 Å². The molecule has 1 aromatic rings. The first-order chi connectivity index (χ1) is 13.2. The Morgan fingerprint density at radius 2 is 2.07 bits per heavy atom. The summed E-state index contributed by atoms with van der Waals surface area (Å²) in [5.41, 5.74) is 3.62. The minimum atomic E-state index is -0.234. The van der Waals surface area contributed by atoms with E-state index in [1.165, 1.54) is 16.7 Å². The normalized spacial score (nSPS) is 32.1. The highest BCUT2D eigenvalue weighted by Gasteiger charge is 2.63. The maximum Gasteiger partial charge on any atom is 0.226 e. The predicted molar refractivity (Wildman–Crippen MR) is 98.8 cm³/mol. The van der Waals surface area contributed by atoms with Gasteiger partial charge in [-0.3, -0.25) is 4.79 Å². The Kier molecular flexibility index (Phi) is 2.94. The third kappa shape index (κ3) is 1.78. The van der Waals surface area contributed by atoms with Gasteiger partial charge in [0.15, 0.2) is 17.6 Å². The molecule has 1 saturated heterocycles. The minimum absolute atomic E-state index is 0.124. The third-order valence-corrected chi connectivity index (χ3v) is 7.10. The Bertz CT molecular complexity index is 928. The molecule has 27 heavy (non-hydrogen) atoms. The van der Waals surface area contributed by atoms with Crippen molar-refractivity contribution < 1.29 is 19.0 Å². The van der Waals surface area contributed by atoms with E-state index in [2.05, 4.69) is 17.0 Å². The highest BCUT2D eigenvalue weighted by molar-refractivity contribution is 5.83. The van der Waals surface area contributed by atoms with Crippen LogP contribution in [0.3, 0.4) is 0 Å². The molecule has 2 aliphatic heterocycles. The number of benzene rings is 1. The van der Waals surface area contributed by atoms with Gasteiger partial charge in [0.2, 0.25) is 5.91 Å². The summed E-state index contributed by atoms with van der Waals surface area (Å²) in [6.45, 7) is 0.782. The summed E-state index contributed by atoms with van der Waals surface area (Å²) in [6, 6.07) is 4.28. The summed E-state index contributed by atoms with van der Waals surface area (Å²) in [5.74, 6) is 3.07. The number of methoxy groups -OCH3 is 2. The van der Waals surface area contributed by atoms with E-state index >= 15 is 0 Å². The maximum atomic E-state index is 13.0. The molecular weight excluding hydrogens is 342 g/mol. The Morgan fingerprint density at radius 3 is 2.81 bits per heavy atom. The first-order valence-corrected chi connectivity index (χ1v) is 9.82. The van der Waals surface area contributed by atoms with E-state index in [1.807, 2.05) is 12.1 Å². The van der Waals surface area contributed by atoms with Gasteiger partial charge in [0.1, 0.15) is 5.76 Å². The van der Waals surface area contributed by atoms with Crippen molar-refractivity contribution in [3.8, 4) is 11.5 Å². The van der Waals surface area contributed by atoms with Gasteiger partial charge in [0, 0.05) is 18.0 Å². The van der Waals surface area contributed by atoms with Crippen molar-refractivity contribution in [3.05, 3.63) is 46.7 Å². The molecule has 0 radical (unpaired) electrons. The molecule has 1 amide bonds. The molecule has 5 nitrogen and oxygen atoms in total. The van der Waals surface area contributed by atoms with Crippen molar-refractivity contribution >= 4 is 5.91 Å². The maximum absolute atomic E-state index is 13.0. The van der Waals surface area contributed by atoms with Gasteiger partial charge < -0.3 is 19.1 Å². The van der Waals surface area contributed by atoms with Crippen LogP contribution < -0.4 is 9.47 Å². The standard InChI is InChI=1S/C22H23NO4/c1-25-16-7-5-13-11-15-14-6-8-17(26-2)20-22(14,18(13)19(16)27-20)9-10-23(15)21(24)12-3-4-12/h5-8,12,15,20H,3-4,9-11H2,1-2H3/t15-,20+,22+/m1/s1. The largest absolute Gasteiger partial charge is 0.497 e. The highest BCUT2D eigenvalue weighted by atomic mass is 16.6. The number of piperidine rings is 1. The number of carbonyl (C=O) groups is 1. The highest BCUT2D eigenvalue weighted by Crippen LogP contribution is 2.62. The van der Waals surface area contributed by atoms with Crippen LogP contribution in [-0.4, -0.2) is 43.7 Å². The fourth-order valence-electron chi connectivity index (χ4n) is 5.76. The molecule has 1 spiro atoms. The number of likely N-dealkylation sites (tertiary alicyclic amines) is 1. The molecule has 2 heterocycles. The zero-order valence-corrected chi connectivity index (χ0v) is 15.7. The Labute approximate surface area is 158 Å². The number of nitrogens with zero attached hydrogens (tertiary/aromatic N) is 1. The Morgan fingerprint density at radius 1 is 1.22 bits per heavy atom. The molecule has 140 valence electrons. The molecule has 5 aliphatic rings. The monoisotopic (exact) mass is 365 g/mol. The summed E-state index contributed by atoms with van der Waals surface area (Å²) >= 11 is 0. The summed E-state index contributed by atoms with van der Waals surface area (Å²) in [6.07, 6.45) is 7.85. The zero-order valence-electron chi connectivity index (χ0n) is 15.7. The molecule has 6 rings (SSSR count). The molecule has 1 aromatic carbocycles. The molecule has 0 aromatic heterocycles. The van der Waals surface area contributed by atoms with Crippen LogP contribution in [0.4, 0.5) is 0 Å². The molecule has 0 unspecified atom stereocenters. The second-order valence-electron chi connectivity index (χ2n) is 8.27. The molecule has 1 saturated carbocycles. The van der Waals surface area contributed by atoms with Crippen molar-refractivity contribution in [1.29, 1.82) is 0 Å². The number of allylic oxidation sites excluding steroid dienone is 2. The lowest BCUT2D eigenvalue weighted by molar-refractivity contribution is -0.136. The Hall–Kier alpha value is -2.43. The van der Waals surface area contributed by atoms with Gasteiger partial charge in [-0.2, -0.15) is 0 Å². The van der Waals surface area contributed by atoms with Gasteiger partial charge >= 0.3 is 0 Å². The molecule has 2 bridgehead atoms. The molecule has 2 fully saturated rings. The van der Waals surface area contributed by atoms with E-state index in [-0.39, 0.29) is 23.5 Å². The second kappa shape index (κ2) is 5.09. The SMILES string of the molecule is COC1=CC=C2[C@H]3Cc4ccc(OC)c5c4[C@@]2(CCN3C(=O)C2CC2)[C@H]1O5. The van der Waals surface area contributed by atoms with Gasteiger partial charge in [-0.1, -0.05) is 12.1 Å². The van der Waals surface area contributed by atoms with Crippen LogP contribution in [0.15, 0.2) is 35.6 Å². The average Bonchev–Trinajstić information content (AvgIpc) is 3.47. The third-order valence-electron chi connectivity index (χ3n) is 7.10. The quantitative estimate of drug-likeness (QED) is 0.826. The first kappa shape index (κ1) is 15.6. The van der Waals surface area contributed by atoms with Gasteiger partial charge in [-0.15, -0.1) is 0 Å². The van der Waals surface area contributed by atoms with Crippen LogP contribution in [0.25, 0.3) is 0 Å². The van der Waals surface area contributed by atoms with Crippen LogP contribution in [0, 0.1) is 5.92 Å². The van der Waals surface area contributed by atoms with Crippen LogP contribution in [-0.2, 0) is 21.4 Å². The van der Waals surface area contributed by atoms with E-state index in [0.29, 0.717) is 5.91 Å². The molecule has 5 heteroatoms. The lowest BCUT2D eigenvalue weighted by Crippen LogP contribution is -2.61. The summed E-state index contributed by atoms with van der Waals surface area (Å²) in [5, 5.41) is 0. The summed E-state index contributed by atoms with van der Waals surface area (Å²) in [4.78, 5) is 15.1. The Balaban J connectivity index is 1.57. The van der Waals surface area contributed by atoms with E-state index in [1.54, 1.807) is 14.2 Å². The van der Waals surface area contributed by atoms with Gasteiger partial charge in [-0.25, -0.2) is 0 Å². The number of hydrogen-bond donors (Lipinski definition) is 0. The average molecular weight is 365 g/mol. The lowest BCUT2D eigenvalue weighted by Gasteiger charge is -2.53. The lowest BCUT2D eigenvalue weighted by atomic mass is 9.57. The van der Waals surface area contributed by atoms with Gasteiger partial charge in [-0.05, 0) is 49.0 Å². The zero-order chi connectivity index (χ0) is 18.3. The molecule has 3 atom stereocenters. The first-order valence-electron chi connectivity index (χ1n) is 9.82. The number of rotatable bonds is 3. The van der Waals surface area contributed by atoms with Crippen LogP contribution in [0.2, 0.25) is 0 Å². The summed E-state index contributed by atoms with van der Waals surface area (Å²) < 4.78 is 17.8. The van der Waals surface area contributed by atoms with Crippen molar-refractivity contribution in [2.24, 2.45) is 5.92 Å². The number of ether oxygens (including phenoxy) is 3. The van der Waals surface area contributed by atoms with Crippen molar-refractivity contribution in [2.45, 2.75) is 43.2 Å². The molecular formula is C22H23NO4. The van der Waals surface area contributed by atoms with E-state index in [9.17, 15) is 4.79 Å². The summed E-state index contributed by atoms with van der Waals surface area (Å²) in [7, 11) is 3.39. The smallest absolute Gasteiger partial charge is 0.226 e. The van der Waals surface area contributed by atoms with E-state index in [0.717, 1.165) is 49.5 Å². The minimum Gasteiger partial charge on any atom is -0.497 e. The molecule has 3 aliphatic carbocycles. The van der Waals surface area contributed by atoms with Crippen LogP contribution in [0.1, 0.15) is 30.4 Å². The number of hydrogen-bond acceptors (Lipinski definition) is 4. The number of amides is 1. The van der Waals surface area contributed by atoms with Gasteiger partial charge in [0.25, 0.3) is 0 Å². The fourth-order valence-corrected chi connectivity index (χ4v) is 5.76. The van der Waals surface area contributed by atoms with Crippen molar-refractivity contribution in [1.82, 2.24) is 4.90 Å². The molecule has 0 N–H and O–H groups in total. The van der Waals surface area contributed by atoms with Crippen molar-refractivity contribution in [3.63, 3.8) is 0 Å². The van der Waals surface area contributed by atoms with Crippen LogP contribution in [0.5, 0.6) is 11.5 Å². The van der Waals surface area contributed by atoms with Crippen LogP contribution >= 0.6 is 0 Å². The fraction of sp³-hybridized carbons (Fsp3) is 0.500. The van der Waals surface area contributed by atoms with Gasteiger partial charge in [0.05, 0.1) is 25.7 Å². The second-order valence-corrected chi connectivity index (χ2v) is 8.27.